The molecule has 0 aliphatic carbocycles. The third-order valence-electron chi connectivity index (χ3n) is 3.37. The second-order valence-electron chi connectivity index (χ2n) is 5.44. The summed E-state index contributed by atoms with van der Waals surface area (Å²) in [7, 11) is -3.28. The van der Waals surface area contributed by atoms with E-state index in [4.69, 9.17) is 0 Å². The molecule has 0 fully saturated rings. The molecule has 2 rings (SSSR count). The highest BCUT2D eigenvalue weighted by Crippen LogP contribution is 2.20. The minimum Gasteiger partial charge on any atom is -0.357 e. The molecule has 130 valence electrons. The fourth-order valence-electron chi connectivity index (χ4n) is 2.28. The summed E-state index contributed by atoms with van der Waals surface area (Å²) in [5.41, 5.74) is 2.17. The maximum atomic E-state index is 11.2. The number of rotatable bonds is 7. The van der Waals surface area contributed by atoms with Crippen molar-refractivity contribution in [3.05, 3.63) is 36.0 Å². The quantitative estimate of drug-likeness (QED) is 0.799. The number of hydrogen-bond acceptors (Lipinski definition) is 6. The average molecular weight is 349 g/mol. The maximum absolute atomic E-state index is 11.2. The number of nitrogens with zero attached hydrogens (tertiary/aromatic N) is 3. The minimum atomic E-state index is -3.28. The van der Waals surface area contributed by atoms with Gasteiger partial charge in [0, 0.05) is 36.2 Å². The second-order valence-corrected chi connectivity index (χ2v) is 7.19. The summed E-state index contributed by atoms with van der Waals surface area (Å²) in [5, 5.41) is 3.15. The molecule has 0 amide bonds. The Morgan fingerprint density at radius 3 is 2.17 bits per heavy atom. The highest BCUT2D eigenvalue weighted by Gasteiger charge is 2.08. The normalized spacial score (nSPS) is 11.2. The molecule has 1 heterocycles. The molecule has 0 aliphatic heterocycles. The van der Waals surface area contributed by atoms with Gasteiger partial charge in [-0.15, -0.1) is 0 Å². The maximum Gasteiger partial charge on any atom is 0.229 e. The van der Waals surface area contributed by atoms with Crippen molar-refractivity contribution in [3.63, 3.8) is 0 Å². The molecule has 0 unspecified atom stereocenters. The SMILES string of the molecule is CCN(CC)c1cc(C)nc(Nc2ccc(NS(C)(=O)=O)cc2)n1. The number of aromatic nitrogens is 2. The molecule has 1 aromatic carbocycles. The van der Waals surface area contributed by atoms with Crippen LogP contribution in [0.4, 0.5) is 23.1 Å². The fraction of sp³-hybridized carbons (Fsp3) is 0.375. The van der Waals surface area contributed by atoms with Crippen LogP contribution in [-0.4, -0.2) is 37.7 Å². The third-order valence-corrected chi connectivity index (χ3v) is 3.98. The minimum absolute atomic E-state index is 0.511. The Morgan fingerprint density at radius 2 is 1.62 bits per heavy atom. The average Bonchev–Trinajstić information content (AvgIpc) is 2.48. The zero-order chi connectivity index (χ0) is 17.7. The van der Waals surface area contributed by atoms with Gasteiger partial charge in [0.25, 0.3) is 0 Å². The fourth-order valence-corrected chi connectivity index (χ4v) is 2.85. The van der Waals surface area contributed by atoms with Crippen molar-refractivity contribution in [3.8, 4) is 0 Å². The standard InChI is InChI=1S/C16H23N5O2S/c1-5-21(6-2)15-11-12(3)17-16(19-15)18-13-7-9-14(10-8-13)20-24(4,22)23/h7-11,20H,5-6H2,1-4H3,(H,17,18,19). The summed E-state index contributed by atoms with van der Waals surface area (Å²) in [6.45, 7) is 7.85. The van der Waals surface area contributed by atoms with Crippen LogP contribution >= 0.6 is 0 Å². The first-order valence-corrected chi connectivity index (χ1v) is 9.65. The lowest BCUT2D eigenvalue weighted by Gasteiger charge is -2.20. The number of hydrogen-bond donors (Lipinski definition) is 2. The molecular weight excluding hydrogens is 326 g/mol. The number of aryl methyl sites for hydroxylation is 1. The predicted molar refractivity (Wildman–Crippen MR) is 98.5 cm³/mol. The summed E-state index contributed by atoms with van der Waals surface area (Å²) >= 11 is 0. The zero-order valence-electron chi connectivity index (χ0n) is 14.4. The molecular formula is C16H23N5O2S. The second kappa shape index (κ2) is 7.48. The first-order valence-electron chi connectivity index (χ1n) is 7.76. The van der Waals surface area contributed by atoms with E-state index < -0.39 is 10.0 Å². The molecule has 1 aromatic heterocycles. The molecule has 24 heavy (non-hydrogen) atoms. The Kier molecular flexibility index (Phi) is 5.61. The van der Waals surface area contributed by atoms with Crippen molar-refractivity contribution < 1.29 is 8.42 Å². The molecule has 0 spiro atoms. The molecule has 7 nitrogen and oxygen atoms in total. The summed E-state index contributed by atoms with van der Waals surface area (Å²) < 4.78 is 24.9. The van der Waals surface area contributed by atoms with Gasteiger partial charge in [0.1, 0.15) is 5.82 Å². The molecule has 8 heteroatoms. The van der Waals surface area contributed by atoms with E-state index in [1.54, 1.807) is 24.3 Å². The highest BCUT2D eigenvalue weighted by molar-refractivity contribution is 7.92. The van der Waals surface area contributed by atoms with Crippen molar-refractivity contribution in [2.24, 2.45) is 0 Å². The van der Waals surface area contributed by atoms with Gasteiger partial charge < -0.3 is 10.2 Å². The van der Waals surface area contributed by atoms with Gasteiger partial charge >= 0.3 is 0 Å². The van der Waals surface area contributed by atoms with Crippen molar-refractivity contribution in [2.75, 3.05) is 34.3 Å². The van der Waals surface area contributed by atoms with Crippen molar-refractivity contribution >= 4 is 33.2 Å². The molecule has 2 N–H and O–H groups in total. The number of sulfonamides is 1. The smallest absolute Gasteiger partial charge is 0.229 e. The molecule has 0 bridgehead atoms. The van der Waals surface area contributed by atoms with Crippen LogP contribution in [0, 0.1) is 6.92 Å². The van der Waals surface area contributed by atoms with E-state index in [-0.39, 0.29) is 0 Å². The van der Waals surface area contributed by atoms with Gasteiger partial charge in [-0.25, -0.2) is 13.4 Å². The first kappa shape index (κ1) is 18.0. The van der Waals surface area contributed by atoms with Crippen LogP contribution in [0.1, 0.15) is 19.5 Å². The van der Waals surface area contributed by atoms with E-state index in [0.29, 0.717) is 11.6 Å². The third kappa shape index (κ3) is 5.09. The molecule has 0 saturated heterocycles. The van der Waals surface area contributed by atoms with Gasteiger partial charge in [0.2, 0.25) is 16.0 Å². The first-order chi connectivity index (χ1) is 11.3. The van der Waals surface area contributed by atoms with Gasteiger partial charge in [-0.05, 0) is 45.0 Å². The van der Waals surface area contributed by atoms with E-state index in [9.17, 15) is 8.42 Å². The number of nitrogens with one attached hydrogen (secondary N) is 2. The summed E-state index contributed by atoms with van der Waals surface area (Å²) in [6.07, 6.45) is 1.12. The lowest BCUT2D eigenvalue weighted by atomic mass is 10.3. The Labute approximate surface area is 143 Å². The topological polar surface area (TPSA) is 87.2 Å². The van der Waals surface area contributed by atoms with Crippen molar-refractivity contribution in [2.45, 2.75) is 20.8 Å². The number of benzene rings is 1. The van der Waals surface area contributed by atoms with Gasteiger partial charge in [-0.3, -0.25) is 4.72 Å². The van der Waals surface area contributed by atoms with Gasteiger partial charge in [0.05, 0.1) is 6.26 Å². The Hall–Kier alpha value is -2.35. The van der Waals surface area contributed by atoms with Crippen LogP contribution in [0.5, 0.6) is 0 Å². The molecule has 0 radical (unpaired) electrons. The van der Waals surface area contributed by atoms with E-state index in [1.807, 2.05) is 13.0 Å². The summed E-state index contributed by atoms with van der Waals surface area (Å²) in [5.74, 6) is 1.39. The van der Waals surface area contributed by atoms with E-state index in [2.05, 4.69) is 38.8 Å². The zero-order valence-corrected chi connectivity index (χ0v) is 15.2. The van der Waals surface area contributed by atoms with Gasteiger partial charge in [-0.2, -0.15) is 4.98 Å². The van der Waals surface area contributed by atoms with Crippen LogP contribution in [0.25, 0.3) is 0 Å². The highest BCUT2D eigenvalue weighted by atomic mass is 32.2. The van der Waals surface area contributed by atoms with Crippen LogP contribution in [0.2, 0.25) is 0 Å². The van der Waals surface area contributed by atoms with Crippen LogP contribution < -0.4 is 14.9 Å². The van der Waals surface area contributed by atoms with E-state index >= 15 is 0 Å². The van der Waals surface area contributed by atoms with E-state index in [1.165, 1.54) is 0 Å². The lowest BCUT2D eigenvalue weighted by Crippen LogP contribution is -2.23. The van der Waals surface area contributed by atoms with Crippen LogP contribution in [0.15, 0.2) is 30.3 Å². The van der Waals surface area contributed by atoms with Crippen LogP contribution in [-0.2, 0) is 10.0 Å². The Bertz CT molecular complexity index is 787. The molecule has 2 aromatic rings. The summed E-state index contributed by atoms with van der Waals surface area (Å²) in [4.78, 5) is 11.1. The molecule has 0 atom stereocenters. The van der Waals surface area contributed by atoms with Gasteiger partial charge in [0.15, 0.2) is 0 Å². The Morgan fingerprint density at radius 1 is 1.04 bits per heavy atom. The van der Waals surface area contributed by atoms with Gasteiger partial charge in [-0.1, -0.05) is 0 Å². The number of anilines is 4. The van der Waals surface area contributed by atoms with Crippen LogP contribution in [0.3, 0.4) is 0 Å². The Balaban J connectivity index is 2.19. The largest absolute Gasteiger partial charge is 0.357 e. The monoisotopic (exact) mass is 349 g/mol. The van der Waals surface area contributed by atoms with Crippen molar-refractivity contribution in [1.82, 2.24) is 9.97 Å². The predicted octanol–water partition coefficient (Wildman–Crippen LogP) is 2.75. The lowest BCUT2D eigenvalue weighted by molar-refractivity contribution is 0.607. The summed E-state index contributed by atoms with van der Waals surface area (Å²) in [6, 6.07) is 8.87. The van der Waals surface area contributed by atoms with E-state index in [0.717, 1.165) is 36.5 Å². The molecule has 0 aliphatic rings. The van der Waals surface area contributed by atoms with Crippen molar-refractivity contribution in [1.29, 1.82) is 0 Å². The molecule has 0 saturated carbocycles.